The van der Waals surface area contributed by atoms with Crippen molar-refractivity contribution >= 4 is 29.6 Å². The minimum absolute atomic E-state index is 0.319. The fourth-order valence-electron chi connectivity index (χ4n) is 2.35. The zero-order chi connectivity index (χ0) is 19.9. The van der Waals surface area contributed by atoms with E-state index < -0.39 is 30.4 Å². The van der Waals surface area contributed by atoms with Crippen LogP contribution in [0.4, 0.5) is 4.79 Å². The molecule has 0 saturated carbocycles. The molecule has 1 aromatic carbocycles. The Morgan fingerprint density at radius 2 is 1.70 bits per heavy atom. The highest BCUT2D eigenvalue weighted by Crippen LogP contribution is 2.13. The third-order valence-corrected chi connectivity index (χ3v) is 4.24. The summed E-state index contributed by atoms with van der Waals surface area (Å²) in [6.45, 7) is 3.59. The fraction of sp³-hybridized carbons (Fsp3) is 0.500. The van der Waals surface area contributed by atoms with Crippen LogP contribution in [0.1, 0.15) is 43.5 Å². The first-order chi connectivity index (χ1) is 12.8. The summed E-state index contributed by atoms with van der Waals surface area (Å²) in [6.07, 6.45) is 2.44. The molecule has 1 aromatic rings. The van der Waals surface area contributed by atoms with E-state index in [2.05, 4.69) is 5.48 Å². The number of rotatable bonds is 6. The molecule has 0 radical (unpaired) electrons. The molecule has 1 fully saturated rings. The van der Waals surface area contributed by atoms with Gasteiger partial charge < -0.3 is 14.4 Å². The minimum Gasteiger partial charge on any atom is -0.426 e. The number of carbonyl (C=O) groups is 3. The summed E-state index contributed by atoms with van der Waals surface area (Å²) in [5.74, 6) is -1.32. The molecule has 8 nitrogen and oxygen atoms in total. The summed E-state index contributed by atoms with van der Waals surface area (Å²) in [4.78, 5) is 42.7. The molecule has 0 unspecified atom stereocenters. The van der Waals surface area contributed by atoms with Crippen molar-refractivity contribution in [3.8, 4) is 0 Å². The van der Waals surface area contributed by atoms with Crippen molar-refractivity contribution in [2.75, 3.05) is 19.9 Å². The van der Waals surface area contributed by atoms with Crippen LogP contribution in [0.15, 0.2) is 24.3 Å². The van der Waals surface area contributed by atoms with Crippen LogP contribution in [-0.2, 0) is 19.1 Å². The van der Waals surface area contributed by atoms with Crippen LogP contribution >= 0.6 is 11.6 Å². The van der Waals surface area contributed by atoms with Crippen molar-refractivity contribution in [2.45, 2.75) is 38.7 Å². The highest BCUT2D eigenvalue weighted by atomic mass is 35.5. The molecule has 27 heavy (non-hydrogen) atoms. The lowest BCUT2D eigenvalue weighted by atomic mass is 10.1. The van der Waals surface area contributed by atoms with Gasteiger partial charge in [-0.05, 0) is 57.4 Å². The molecule has 1 N–H and O–H groups in total. The number of hydroxylamine groups is 1. The van der Waals surface area contributed by atoms with Crippen molar-refractivity contribution in [1.82, 2.24) is 10.4 Å². The smallest absolute Gasteiger partial charge is 0.412 e. The maximum absolute atomic E-state index is 12.1. The SMILES string of the molecule is CC(C)(ONC(=O)c1ccc(Cl)cc1)C(=O)OCOC(=O)N1CCCCC1. The number of nitrogens with zero attached hydrogens (tertiary/aromatic N) is 1. The Bertz CT molecular complexity index is 671. The van der Waals surface area contributed by atoms with Gasteiger partial charge >= 0.3 is 12.1 Å². The van der Waals surface area contributed by atoms with Crippen LogP contribution in [0.25, 0.3) is 0 Å². The Morgan fingerprint density at radius 3 is 2.33 bits per heavy atom. The molecule has 1 heterocycles. The van der Waals surface area contributed by atoms with E-state index in [1.807, 2.05) is 0 Å². The number of carbonyl (C=O) groups excluding carboxylic acids is 3. The van der Waals surface area contributed by atoms with Gasteiger partial charge in [-0.25, -0.2) is 15.1 Å². The quantitative estimate of drug-likeness (QED) is 0.450. The number of nitrogens with one attached hydrogen (secondary N) is 1. The van der Waals surface area contributed by atoms with Crippen molar-refractivity contribution in [3.63, 3.8) is 0 Å². The molecule has 1 aliphatic rings. The van der Waals surface area contributed by atoms with Crippen LogP contribution in [0.5, 0.6) is 0 Å². The molecule has 2 amide bonds. The van der Waals surface area contributed by atoms with E-state index in [4.69, 9.17) is 25.9 Å². The fourth-order valence-corrected chi connectivity index (χ4v) is 2.48. The van der Waals surface area contributed by atoms with Crippen LogP contribution < -0.4 is 5.48 Å². The van der Waals surface area contributed by atoms with Gasteiger partial charge in [-0.15, -0.1) is 0 Å². The van der Waals surface area contributed by atoms with Gasteiger partial charge in [0.2, 0.25) is 6.79 Å². The van der Waals surface area contributed by atoms with E-state index in [0.29, 0.717) is 23.7 Å². The van der Waals surface area contributed by atoms with E-state index in [1.54, 1.807) is 17.0 Å². The highest BCUT2D eigenvalue weighted by molar-refractivity contribution is 6.30. The summed E-state index contributed by atoms with van der Waals surface area (Å²) in [7, 11) is 0. The zero-order valence-corrected chi connectivity index (χ0v) is 16.1. The second kappa shape index (κ2) is 9.57. The molecule has 1 aliphatic heterocycles. The third-order valence-electron chi connectivity index (χ3n) is 3.98. The number of amides is 2. The summed E-state index contributed by atoms with van der Waals surface area (Å²) >= 11 is 5.76. The van der Waals surface area contributed by atoms with E-state index in [-0.39, 0.29) is 0 Å². The number of benzene rings is 1. The summed E-state index contributed by atoms with van der Waals surface area (Å²) in [6, 6.07) is 6.16. The Balaban J connectivity index is 1.74. The second-order valence-corrected chi connectivity index (χ2v) is 6.99. The number of hydrogen-bond acceptors (Lipinski definition) is 6. The van der Waals surface area contributed by atoms with Gasteiger partial charge in [0.15, 0.2) is 5.60 Å². The second-order valence-electron chi connectivity index (χ2n) is 6.56. The number of halogens is 1. The van der Waals surface area contributed by atoms with Crippen molar-refractivity contribution in [2.24, 2.45) is 0 Å². The first kappa shape index (κ1) is 21.0. The maximum atomic E-state index is 12.1. The first-order valence-electron chi connectivity index (χ1n) is 8.62. The molecule has 1 saturated heterocycles. The van der Waals surface area contributed by atoms with E-state index >= 15 is 0 Å². The average Bonchev–Trinajstić information content (AvgIpc) is 2.67. The molecule has 2 rings (SSSR count). The lowest BCUT2D eigenvalue weighted by Crippen LogP contribution is -2.43. The van der Waals surface area contributed by atoms with E-state index in [0.717, 1.165) is 19.3 Å². The number of likely N-dealkylation sites (tertiary alicyclic amines) is 1. The van der Waals surface area contributed by atoms with Gasteiger partial charge in [0.05, 0.1) is 0 Å². The summed E-state index contributed by atoms with van der Waals surface area (Å²) < 4.78 is 9.86. The Kier molecular flexibility index (Phi) is 7.44. The third kappa shape index (κ3) is 6.41. The molecular weight excluding hydrogens is 376 g/mol. The predicted molar refractivity (Wildman–Crippen MR) is 96.9 cm³/mol. The molecule has 0 aliphatic carbocycles. The topological polar surface area (TPSA) is 94.2 Å². The van der Waals surface area contributed by atoms with Crippen LogP contribution in [-0.4, -0.2) is 48.4 Å². The van der Waals surface area contributed by atoms with Gasteiger partial charge in [-0.2, -0.15) is 0 Å². The number of piperidine rings is 1. The summed E-state index contributed by atoms with van der Waals surface area (Å²) in [5.41, 5.74) is 1.04. The molecule has 0 spiro atoms. The number of esters is 1. The summed E-state index contributed by atoms with van der Waals surface area (Å²) in [5, 5.41) is 0.496. The molecular formula is C18H23ClN2O6. The van der Waals surface area contributed by atoms with Crippen molar-refractivity contribution in [1.29, 1.82) is 0 Å². The minimum atomic E-state index is -1.47. The Hall–Kier alpha value is -2.32. The largest absolute Gasteiger partial charge is 0.426 e. The monoisotopic (exact) mass is 398 g/mol. The lowest BCUT2D eigenvalue weighted by molar-refractivity contribution is -0.182. The first-order valence-corrected chi connectivity index (χ1v) is 9.00. The van der Waals surface area contributed by atoms with E-state index in [9.17, 15) is 14.4 Å². The average molecular weight is 399 g/mol. The van der Waals surface area contributed by atoms with Gasteiger partial charge in [0, 0.05) is 23.7 Å². The Labute approximate surface area is 162 Å². The molecule has 0 bridgehead atoms. The highest BCUT2D eigenvalue weighted by Gasteiger charge is 2.33. The van der Waals surface area contributed by atoms with Crippen LogP contribution in [0.3, 0.4) is 0 Å². The van der Waals surface area contributed by atoms with E-state index in [1.165, 1.54) is 26.0 Å². The molecule has 0 atom stereocenters. The predicted octanol–water partition coefficient (Wildman–Crippen LogP) is 2.90. The van der Waals surface area contributed by atoms with Gasteiger partial charge in [0.1, 0.15) is 0 Å². The van der Waals surface area contributed by atoms with Crippen LogP contribution in [0.2, 0.25) is 5.02 Å². The van der Waals surface area contributed by atoms with Gasteiger partial charge in [-0.1, -0.05) is 11.6 Å². The zero-order valence-electron chi connectivity index (χ0n) is 15.3. The van der Waals surface area contributed by atoms with Gasteiger partial charge in [-0.3, -0.25) is 9.63 Å². The maximum Gasteiger partial charge on any atom is 0.412 e. The number of hydrogen-bond donors (Lipinski definition) is 1. The van der Waals surface area contributed by atoms with Crippen molar-refractivity contribution in [3.05, 3.63) is 34.9 Å². The molecule has 148 valence electrons. The van der Waals surface area contributed by atoms with Gasteiger partial charge in [0.25, 0.3) is 5.91 Å². The molecule has 9 heteroatoms. The van der Waals surface area contributed by atoms with Crippen molar-refractivity contribution < 1.29 is 28.7 Å². The standard InChI is InChI=1S/C18H23ClN2O6/c1-18(2,27-20-15(22)13-6-8-14(19)9-7-13)16(23)25-12-26-17(24)21-10-4-3-5-11-21/h6-9H,3-5,10-12H2,1-2H3,(H,20,22). The molecule has 0 aromatic heterocycles. The Morgan fingerprint density at radius 1 is 1.07 bits per heavy atom. The number of ether oxygens (including phenoxy) is 2. The normalized spacial score (nSPS) is 14.4. The lowest BCUT2D eigenvalue weighted by Gasteiger charge is -2.26. The van der Waals surface area contributed by atoms with Crippen LogP contribution in [0, 0.1) is 0 Å².